The van der Waals surface area contributed by atoms with Crippen LogP contribution in [0.5, 0.6) is 5.75 Å². The number of amides is 4. The highest BCUT2D eigenvalue weighted by molar-refractivity contribution is 6.45. The number of carboxylic acids is 1. The van der Waals surface area contributed by atoms with Crippen molar-refractivity contribution >= 4 is 90.5 Å². The van der Waals surface area contributed by atoms with Gasteiger partial charge in [0.25, 0.3) is 30.1 Å². The molecule has 2 heterocycles. The molecule has 0 saturated heterocycles. The molecule has 0 aliphatic carbocycles. The van der Waals surface area contributed by atoms with Crippen LogP contribution in [0, 0.1) is 0 Å². The lowest BCUT2D eigenvalue weighted by atomic mass is 9.82. The van der Waals surface area contributed by atoms with Gasteiger partial charge < -0.3 is 9.84 Å². The highest BCUT2D eigenvalue weighted by Gasteiger charge is 2.38. The van der Waals surface area contributed by atoms with E-state index in [0.29, 0.717) is 45.2 Å². The molecule has 0 atom stereocenters. The Balaban J connectivity index is 1.24. The fourth-order valence-corrected chi connectivity index (χ4v) is 7.22. The van der Waals surface area contributed by atoms with E-state index < -0.39 is 29.6 Å². The number of nitrogens with zero attached hydrogens (tertiary/aromatic N) is 2. The number of carboxylic acid groups (broad SMARTS) is 1. The maximum absolute atomic E-state index is 13.9. The molecule has 0 bridgehead atoms. The number of aromatic carboxylic acids is 1. The summed E-state index contributed by atoms with van der Waals surface area (Å²) < 4.78 is 4.85. The molecule has 0 fully saturated rings. The topological polar surface area (TPSA) is 138 Å². The van der Waals surface area contributed by atoms with Gasteiger partial charge in [0, 0.05) is 33.0 Å². The first-order chi connectivity index (χ1) is 23.3. The SMILES string of the molecule is O=COc1ccc(N2C(=O)c3ccc4c5ccc6c7c(ccc(c8ccc(c3c48)C2=O)c75)C(=O)N(c2ccc(C(=O)O)cc2)C6=O)cc1. The number of hydrogen-bond donors (Lipinski definition) is 1. The number of carbonyl (C=O) groups excluding carboxylic acids is 5. The molecule has 2 aliphatic rings. The molecule has 4 amide bonds. The third kappa shape index (κ3) is 3.45. The van der Waals surface area contributed by atoms with Gasteiger partial charge in [-0.05, 0) is 105 Å². The molecule has 10 heteroatoms. The van der Waals surface area contributed by atoms with E-state index in [-0.39, 0.29) is 17.0 Å². The second-order valence-corrected chi connectivity index (χ2v) is 11.6. The smallest absolute Gasteiger partial charge is 0.335 e. The number of carbonyl (C=O) groups is 6. The van der Waals surface area contributed by atoms with E-state index >= 15 is 0 Å². The van der Waals surface area contributed by atoms with Crippen LogP contribution >= 0.6 is 0 Å². The minimum Gasteiger partial charge on any atom is -0.478 e. The maximum atomic E-state index is 13.9. The van der Waals surface area contributed by atoms with Gasteiger partial charge in [-0.2, -0.15) is 0 Å². The summed E-state index contributed by atoms with van der Waals surface area (Å²) in [5.74, 6) is -2.90. The summed E-state index contributed by atoms with van der Waals surface area (Å²) in [7, 11) is 0. The molecule has 0 unspecified atom stereocenters. The molecule has 10 nitrogen and oxygen atoms in total. The van der Waals surface area contributed by atoms with Crippen LogP contribution in [0.1, 0.15) is 51.8 Å². The van der Waals surface area contributed by atoms with E-state index in [1.807, 2.05) is 24.3 Å². The van der Waals surface area contributed by atoms with Crippen molar-refractivity contribution in [3.63, 3.8) is 0 Å². The first-order valence-electron chi connectivity index (χ1n) is 14.8. The predicted octanol–water partition coefficient (Wildman–Crippen LogP) is 6.57. The minimum atomic E-state index is -1.12. The first kappa shape index (κ1) is 27.4. The average molecular weight is 631 g/mol. The molecule has 48 heavy (non-hydrogen) atoms. The normalized spacial score (nSPS) is 14.2. The van der Waals surface area contributed by atoms with Gasteiger partial charge >= 0.3 is 5.97 Å². The van der Waals surface area contributed by atoms with Gasteiger partial charge in [0.15, 0.2) is 0 Å². The Bertz CT molecular complexity index is 2540. The largest absolute Gasteiger partial charge is 0.478 e. The van der Waals surface area contributed by atoms with E-state index in [1.54, 1.807) is 24.3 Å². The molecule has 1 N–H and O–H groups in total. The van der Waals surface area contributed by atoms with Crippen LogP contribution in [-0.2, 0) is 4.79 Å². The number of fused-ring (bicyclic) bond motifs is 2. The highest BCUT2D eigenvalue weighted by Crippen LogP contribution is 2.47. The summed E-state index contributed by atoms with van der Waals surface area (Å²) >= 11 is 0. The van der Waals surface area contributed by atoms with Crippen molar-refractivity contribution in [2.75, 3.05) is 9.80 Å². The fraction of sp³-hybridized carbons (Fsp3) is 0. The quantitative estimate of drug-likeness (QED) is 0.0975. The van der Waals surface area contributed by atoms with Gasteiger partial charge in [-0.3, -0.25) is 24.0 Å². The molecular weight excluding hydrogens is 612 g/mol. The number of anilines is 2. The summed E-state index contributed by atoms with van der Waals surface area (Å²) in [6.45, 7) is 0.295. The first-order valence-corrected chi connectivity index (χ1v) is 14.8. The van der Waals surface area contributed by atoms with E-state index in [2.05, 4.69) is 0 Å². The Morgan fingerprint density at radius 3 is 1.19 bits per heavy atom. The Kier molecular flexibility index (Phi) is 5.44. The molecule has 0 saturated carbocycles. The lowest BCUT2D eigenvalue weighted by molar-refractivity contribution is -0.120. The van der Waals surface area contributed by atoms with Gasteiger partial charge in [0.1, 0.15) is 5.75 Å². The van der Waals surface area contributed by atoms with Crippen molar-refractivity contribution in [3.8, 4) is 5.75 Å². The van der Waals surface area contributed by atoms with Crippen LogP contribution in [0.3, 0.4) is 0 Å². The summed E-state index contributed by atoms with van der Waals surface area (Å²) in [5, 5.41) is 14.8. The van der Waals surface area contributed by atoms with Crippen LogP contribution in [0.2, 0.25) is 0 Å². The third-order valence-corrected chi connectivity index (χ3v) is 9.29. The van der Waals surface area contributed by atoms with Crippen molar-refractivity contribution in [1.29, 1.82) is 0 Å². The number of hydrogen-bond acceptors (Lipinski definition) is 7. The zero-order valence-corrected chi connectivity index (χ0v) is 24.5. The maximum Gasteiger partial charge on any atom is 0.335 e. The molecule has 2 aliphatic heterocycles. The van der Waals surface area contributed by atoms with Gasteiger partial charge in [-0.1, -0.05) is 24.3 Å². The molecule has 7 aromatic rings. The zero-order valence-electron chi connectivity index (χ0n) is 24.5. The summed E-state index contributed by atoms with van der Waals surface area (Å²) in [6.07, 6.45) is 0. The lowest BCUT2D eigenvalue weighted by Gasteiger charge is -2.30. The molecular formula is C38H18N2O8. The van der Waals surface area contributed by atoms with E-state index in [0.717, 1.165) is 42.1 Å². The standard InChI is InChI=1S/C38H18N2O8/c41-17-48-21-7-5-20(6-8-21)40-36(44)28-15-11-24-22-9-13-26-32-27(35(43)39(34(26)42)19-3-1-18(2-4-19)38(46)47)14-10-23(30(22)32)25-12-16-29(37(40)45)33(28)31(24)25/h1-17H,(H,46,47). The molecule has 0 spiro atoms. The average Bonchev–Trinajstić information content (AvgIpc) is 3.10. The summed E-state index contributed by atoms with van der Waals surface area (Å²) in [5.41, 5.74) is 1.97. The van der Waals surface area contributed by atoms with Crippen molar-refractivity contribution < 1.29 is 38.6 Å². The highest BCUT2D eigenvalue weighted by atomic mass is 16.5. The lowest BCUT2D eigenvalue weighted by Crippen LogP contribution is -2.40. The van der Waals surface area contributed by atoms with Gasteiger partial charge in [-0.25, -0.2) is 14.6 Å². The van der Waals surface area contributed by atoms with Crippen molar-refractivity contribution in [3.05, 3.63) is 125 Å². The molecule has 7 aromatic carbocycles. The van der Waals surface area contributed by atoms with E-state index in [1.165, 1.54) is 48.5 Å². The summed E-state index contributed by atoms with van der Waals surface area (Å²) in [4.78, 5) is 79.8. The fourth-order valence-electron chi connectivity index (χ4n) is 7.22. The Morgan fingerprint density at radius 2 is 0.854 bits per heavy atom. The van der Waals surface area contributed by atoms with Crippen LogP contribution in [-0.4, -0.2) is 41.2 Å². The number of rotatable bonds is 5. The van der Waals surface area contributed by atoms with Gasteiger partial charge in [0.05, 0.1) is 16.9 Å². The minimum absolute atomic E-state index is 0.0318. The Hall–Kier alpha value is -6.94. The van der Waals surface area contributed by atoms with Crippen LogP contribution in [0.4, 0.5) is 11.4 Å². The number of benzene rings is 7. The van der Waals surface area contributed by atoms with E-state index in [9.17, 15) is 33.9 Å². The molecule has 0 aromatic heterocycles. The zero-order chi connectivity index (χ0) is 33.0. The second-order valence-electron chi connectivity index (χ2n) is 11.6. The molecule has 0 radical (unpaired) electrons. The van der Waals surface area contributed by atoms with Gasteiger partial charge in [0.2, 0.25) is 0 Å². The predicted molar refractivity (Wildman–Crippen MR) is 176 cm³/mol. The summed E-state index contributed by atoms with van der Waals surface area (Å²) in [6, 6.07) is 25.7. The Labute approximate surface area is 269 Å². The molecule has 228 valence electrons. The number of imide groups is 2. The van der Waals surface area contributed by atoms with Crippen molar-refractivity contribution in [2.24, 2.45) is 0 Å². The number of ether oxygens (including phenoxy) is 1. The van der Waals surface area contributed by atoms with Crippen LogP contribution < -0.4 is 14.5 Å². The molecule has 9 rings (SSSR count). The monoisotopic (exact) mass is 630 g/mol. The Morgan fingerprint density at radius 1 is 0.500 bits per heavy atom. The van der Waals surface area contributed by atoms with E-state index in [4.69, 9.17) is 4.74 Å². The van der Waals surface area contributed by atoms with Gasteiger partial charge in [-0.15, -0.1) is 0 Å². The third-order valence-electron chi connectivity index (χ3n) is 9.29. The van der Waals surface area contributed by atoms with Crippen LogP contribution in [0.15, 0.2) is 97.1 Å². The van der Waals surface area contributed by atoms with Crippen LogP contribution in [0.25, 0.3) is 43.1 Å². The van der Waals surface area contributed by atoms with Crippen molar-refractivity contribution in [1.82, 2.24) is 0 Å². The van der Waals surface area contributed by atoms with Crippen molar-refractivity contribution in [2.45, 2.75) is 0 Å². The second kappa shape index (κ2) is 9.54.